The summed E-state index contributed by atoms with van der Waals surface area (Å²) in [5, 5.41) is 5.19. The second-order valence-corrected chi connectivity index (χ2v) is 8.23. The number of unbranched alkanes of at least 4 members (excludes halogenated alkanes) is 2. The summed E-state index contributed by atoms with van der Waals surface area (Å²) in [7, 11) is 0. The Hall–Kier alpha value is -3.79. The van der Waals surface area contributed by atoms with Crippen molar-refractivity contribution in [1.29, 1.82) is 0 Å². The maximum Gasteiger partial charge on any atom is 0.272 e. The number of pyridine rings is 1. The fraction of sp³-hybridized carbons (Fsp3) is 0.207. The molecule has 0 spiro atoms. The Kier molecular flexibility index (Phi) is 7.26. The number of hydrogen-bond acceptors (Lipinski definition) is 3. The zero-order valence-corrected chi connectivity index (χ0v) is 19.2. The Morgan fingerprint density at radius 2 is 1.64 bits per heavy atom. The van der Waals surface area contributed by atoms with Crippen LogP contribution in [0.4, 0.5) is 0 Å². The number of carbonyl (C=O) groups is 1. The third-order valence-corrected chi connectivity index (χ3v) is 5.80. The number of benzene rings is 3. The van der Waals surface area contributed by atoms with E-state index in [-0.39, 0.29) is 5.91 Å². The molecule has 0 fully saturated rings. The van der Waals surface area contributed by atoms with Gasteiger partial charge in [-0.15, -0.1) is 0 Å². The molecule has 4 rings (SSSR count). The maximum atomic E-state index is 13.1. The van der Waals surface area contributed by atoms with Crippen LogP contribution in [0.5, 0.6) is 0 Å². The molecular weight excluding hydrogens is 406 g/mol. The summed E-state index contributed by atoms with van der Waals surface area (Å²) >= 11 is 0. The predicted octanol–water partition coefficient (Wildman–Crippen LogP) is 6.79. The molecule has 1 aromatic heterocycles. The van der Waals surface area contributed by atoms with Crippen molar-refractivity contribution in [3.8, 4) is 11.3 Å². The average molecular weight is 436 g/mol. The van der Waals surface area contributed by atoms with Crippen molar-refractivity contribution in [3.05, 3.63) is 102 Å². The second-order valence-electron chi connectivity index (χ2n) is 8.23. The van der Waals surface area contributed by atoms with Crippen molar-refractivity contribution >= 4 is 22.5 Å². The Bertz CT molecular complexity index is 1260. The molecule has 1 heterocycles. The van der Waals surface area contributed by atoms with Crippen molar-refractivity contribution in [2.75, 3.05) is 0 Å². The van der Waals surface area contributed by atoms with Gasteiger partial charge in [-0.3, -0.25) is 4.79 Å². The van der Waals surface area contributed by atoms with Gasteiger partial charge in [-0.05, 0) is 43.0 Å². The van der Waals surface area contributed by atoms with Crippen LogP contribution in [0.25, 0.3) is 22.2 Å². The molecule has 1 N–H and O–H groups in total. The number of para-hydroxylation sites is 1. The SMILES string of the molecule is CCCCCc1ccc(/C(C)=N/NC(=O)c2cc(-c3ccccc3)nc3ccccc23)cc1. The fourth-order valence-electron chi connectivity index (χ4n) is 3.87. The van der Waals surface area contributed by atoms with Crippen molar-refractivity contribution in [3.63, 3.8) is 0 Å². The molecular formula is C29H29N3O. The minimum Gasteiger partial charge on any atom is -0.267 e. The lowest BCUT2D eigenvalue weighted by atomic mass is 10.0. The van der Waals surface area contributed by atoms with Crippen LogP contribution in [0.1, 0.15) is 54.6 Å². The zero-order valence-electron chi connectivity index (χ0n) is 19.2. The summed E-state index contributed by atoms with van der Waals surface area (Å²) in [6.07, 6.45) is 4.79. The Morgan fingerprint density at radius 3 is 2.39 bits per heavy atom. The lowest BCUT2D eigenvalue weighted by Gasteiger charge is -2.10. The van der Waals surface area contributed by atoms with Crippen molar-refractivity contribution in [2.24, 2.45) is 5.10 Å². The molecule has 0 atom stereocenters. The van der Waals surface area contributed by atoms with Crippen molar-refractivity contribution in [1.82, 2.24) is 10.4 Å². The number of carbonyl (C=O) groups excluding carboxylic acids is 1. The van der Waals surface area contributed by atoms with Crippen LogP contribution in [-0.4, -0.2) is 16.6 Å². The molecule has 0 bridgehead atoms. The van der Waals surface area contributed by atoms with Crippen LogP contribution in [0, 0.1) is 0 Å². The average Bonchev–Trinajstić information content (AvgIpc) is 2.87. The molecule has 4 nitrogen and oxygen atoms in total. The van der Waals surface area contributed by atoms with E-state index in [0.717, 1.165) is 39.9 Å². The summed E-state index contributed by atoms with van der Waals surface area (Å²) in [4.78, 5) is 17.9. The maximum absolute atomic E-state index is 13.1. The quantitative estimate of drug-likeness (QED) is 0.188. The molecule has 0 unspecified atom stereocenters. The van der Waals surface area contributed by atoms with Gasteiger partial charge in [0.2, 0.25) is 0 Å². The lowest BCUT2D eigenvalue weighted by molar-refractivity contribution is 0.0956. The minimum atomic E-state index is -0.249. The van der Waals surface area contributed by atoms with Gasteiger partial charge in [-0.2, -0.15) is 5.10 Å². The number of aromatic nitrogens is 1. The number of aryl methyl sites for hydroxylation is 1. The molecule has 0 saturated heterocycles. The first-order chi connectivity index (χ1) is 16.2. The minimum absolute atomic E-state index is 0.249. The molecule has 4 heteroatoms. The van der Waals surface area contributed by atoms with E-state index in [4.69, 9.17) is 4.98 Å². The van der Waals surface area contributed by atoms with E-state index < -0.39 is 0 Å². The summed E-state index contributed by atoms with van der Waals surface area (Å²) in [6.45, 7) is 4.13. The summed E-state index contributed by atoms with van der Waals surface area (Å²) in [5.41, 5.74) is 8.92. The number of hydrogen-bond donors (Lipinski definition) is 1. The van der Waals surface area contributed by atoms with Gasteiger partial charge in [-0.25, -0.2) is 10.4 Å². The van der Waals surface area contributed by atoms with Crippen LogP contribution in [0.2, 0.25) is 0 Å². The molecule has 0 aliphatic rings. The van der Waals surface area contributed by atoms with Gasteiger partial charge in [0.05, 0.1) is 22.5 Å². The fourth-order valence-corrected chi connectivity index (χ4v) is 3.87. The van der Waals surface area contributed by atoms with Crippen LogP contribution in [0.3, 0.4) is 0 Å². The molecule has 0 aliphatic carbocycles. The number of nitrogens with zero attached hydrogens (tertiary/aromatic N) is 2. The molecule has 3 aromatic carbocycles. The highest BCUT2D eigenvalue weighted by Gasteiger charge is 2.14. The van der Waals surface area contributed by atoms with Crippen molar-refractivity contribution in [2.45, 2.75) is 39.5 Å². The highest BCUT2D eigenvalue weighted by atomic mass is 16.2. The Morgan fingerprint density at radius 1 is 0.909 bits per heavy atom. The van der Waals surface area contributed by atoms with Gasteiger partial charge in [0.1, 0.15) is 0 Å². The molecule has 0 aliphatic heterocycles. The number of nitrogens with one attached hydrogen (secondary N) is 1. The monoisotopic (exact) mass is 435 g/mol. The first-order valence-corrected chi connectivity index (χ1v) is 11.5. The van der Waals surface area contributed by atoms with Gasteiger partial charge in [-0.1, -0.05) is 92.6 Å². The molecule has 1 amide bonds. The smallest absolute Gasteiger partial charge is 0.267 e. The number of hydrazone groups is 1. The van der Waals surface area contributed by atoms with E-state index in [1.54, 1.807) is 0 Å². The van der Waals surface area contributed by atoms with Gasteiger partial charge in [0.15, 0.2) is 0 Å². The van der Waals surface area contributed by atoms with Gasteiger partial charge >= 0.3 is 0 Å². The summed E-state index contributed by atoms with van der Waals surface area (Å²) in [5.74, 6) is -0.249. The standard InChI is InChI=1S/C29H29N3O/c1-3-4-6-11-22-16-18-23(19-17-22)21(2)31-32-29(33)26-20-28(24-12-7-5-8-13-24)30-27-15-10-9-14-25(26)27/h5,7-10,12-20H,3-4,6,11H2,1-2H3,(H,32,33)/b31-21+. The number of rotatable bonds is 8. The van der Waals surface area contributed by atoms with Gasteiger partial charge in [0.25, 0.3) is 5.91 Å². The highest BCUT2D eigenvalue weighted by Crippen LogP contribution is 2.24. The zero-order chi connectivity index (χ0) is 23.0. The summed E-state index contributed by atoms with van der Waals surface area (Å²) in [6, 6.07) is 27.8. The van der Waals surface area contributed by atoms with Crippen LogP contribution in [0.15, 0.2) is 90.0 Å². The molecule has 33 heavy (non-hydrogen) atoms. The van der Waals surface area contributed by atoms with Gasteiger partial charge < -0.3 is 0 Å². The number of amides is 1. The third-order valence-electron chi connectivity index (χ3n) is 5.80. The molecule has 0 saturated carbocycles. The van der Waals surface area contributed by atoms with E-state index in [9.17, 15) is 4.79 Å². The van der Waals surface area contributed by atoms with Crippen LogP contribution in [-0.2, 0) is 6.42 Å². The van der Waals surface area contributed by atoms with E-state index in [0.29, 0.717) is 5.56 Å². The van der Waals surface area contributed by atoms with E-state index in [2.05, 4.69) is 41.7 Å². The lowest BCUT2D eigenvalue weighted by Crippen LogP contribution is -2.20. The normalized spacial score (nSPS) is 11.5. The summed E-state index contributed by atoms with van der Waals surface area (Å²) < 4.78 is 0. The molecule has 0 radical (unpaired) electrons. The van der Waals surface area contributed by atoms with E-state index in [1.807, 2.05) is 67.6 Å². The van der Waals surface area contributed by atoms with E-state index in [1.165, 1.54) is 24.8 Å². The largest absolute Gasteiger partial charge is 0.272 e. The predicted molar refractivity (Wildman–Crippen MR) is 137 cm³/mol. The Balaban J connectivity index is 1.55. The molecule has 4 aromatic rings. The topological polar surface area (TPSA) is 54.4 Å². The first-order valence-electron chi connectivity index (χ1n) is 11.5. The highest BCUT2D eigenvalue weighted by molar-refractivity contribution is 6.08. The van der Waals surface area contributed by atoms with Gasteiger partial charge in [0, 0.05) is 10.9 Å². The molecule has 166 valence electrons. The number of fused-ring (bicyclic) bond motifs is 1. The van der Waals surface area contributed by atoms with Crippen LogP contribution < -0.4 is 5.43 Å². The van der Waals surface area contributed by atoms with Crippen molar-refractivity contribution < 1.29 is 4.79 Å². The van der Waals surface area contributed by atoms with Crippen LogP contribution >= 0.6 is 0 Å². The third kappa shape index (κ3) is 5.53. The Labute approximate surface area is 195 Å². The first kappa shape index (κ1) is 22.4. The second kappa shape index (κ2) is 10.7. The van der Waals surface area contributed by atoms with E-state index >= 15 is 0 Å².